The van der Waals surface area contributed by atoms with Crippen molar-refractivity contribution in [2.75, 3.05) is 18.8 Å². The first-order valence-electron chi connectivity index (χ1n) is 5.86. The zero-order chi connectivity index (χ0) is 13.6. The van der Waals surface area contributed by atoms with Gasteiger partial charge in [0.15, 0.2) is 9.84 Å². The predicted molar refractivity (Wildman–Crippen MR) is 76.3 cm³/mol. The first kappa shape index (κ1) is 15.8. The molecule has 18 heavy (non-hydrogen) atoms. The van der Waals surface area contributed by atoms with Crippen LogP contribution in [0.5, 0.6) is 0 Å². The standard InChI is InChI=1S/C12H17Cl2NO2S/c1-2-7-15-8-4-9-18(16,17)12-10(13)5-3-6-11(12)14/h3,5-6,15H,2,4,7-9H2,1H3. The molecule has 0 aliphatic heterocycles. The third kappa shape index (κ3) is 4.43. The molecule has 0 aliphatic rings. The second-order valence-electron chi connectivity index (χ2n) is 3.97. The summed E-state index contributed by atoms with van der Waals surface area (Å²) in [6, 6.07) is 4.71. The van der Waals surface area contributed by atoms with Crippen LogP contribution in [0.2, 0.25) is 10.0 Å². The van der Waals surface area contributed by atoms with Crippen LogP contribution in [0.25, 0.3) is 0 Å². The molecule has 0 saturated heterocycles. The van der Waals surface area contributed by atoms with Crippen LogP contribution in [-0.2, 0) is 9.84 Å². The summed E-state index contributed by atoms with van der Waals surface area (Å²) in [4.78, 5) is 0.0452. The summed E-state index contributed by atoms with van der Waals surface area (Å²) in [5, 5.41) is 3.53. The van der Waals surface area contributed by atoms with E-state index in [1.807, 2.05) is 0 Å². The molecule has 0 saturated carbocycles. The number of hydrogen-bond donors (Lipinski definition) is 1. The van der Waals surface area contributed by atoms with Gasteiger partial charge in [-0.3, -0.25) is 0 Å². The van der Waals surface area contributed by atoms with Crippen molar-refractivity contribution in [3.05, 3.63) is 28.2 Å². The SMILES string of the molecule is CCCNCCCS(=O)(=O)c1c(Cl)cccc1Cl. The molecule has 6 heteroatoms. The van der Waals surface area contributed by atoms with Crippen molar-refractivity contribution >= 4 is 33.0 Å². The number of rotatable bonds is 7. The molecule has 102 valence electrons. The van der Waals surface area contributed by atoms with Crippen molar-refractivity contribution in [1.82, 2.24) is 5.32 Å². The summed E-state index contributed by atoms with van der Waals surface area (Å²) in [5.41, 5.74) is 0. The van der Waals surface area contributed by atoms with Crippen LogP contribution in [0, 0.1) is 0 Å². The summed E-state index contributed by atoms with van der Waals surface area (Å²) in [7, 11) is -3.41. The molecule has 3 nitrogen and oxygen atoms in total. The van der Waals surface area contributed by atoms with Crippen LogP contribution >= 0.6 is 23.2 Å². The van der Waals surface area contributed by atoms with E-state index in [0.29, 0.717) is 13.0 Å². The van der Waals surface area contributed by atoms with Crippen molar-refractivity contribution < 1.29 is 8.42 Å². The first-order valence-corrected chi connectivity index (χ1v) is 8.27. The average Bonchev–Trinajstić information content (AvgIpc) is 2.28. The van der Waals surface area contributed by atoms with Crippen molar-refractivity contribution in [1.29, 1.82) is 0 Å². The van der Waals surface area contributed by atoms with Gasteiger partial charge in [-0.15, -0.1) is 0 Å². The quantitative estimate of drug-likeness (QED) is 0.787. The fourth-order valence-corrected chi connectivity index (χ4v) is 4.13. The fraction of sp³-hybridized carbons (Fsp3) is 0.500. The van der Waals surface area contributed by atoms with Crippen molar-refractivity contribution in [3.63, 3.8) is 0 Å². The van der Waals surface area contributed by atoms with E-state index in [9.17, 15) is 8.42 Å². The Morgan fingerprint density at radius 1 is 1.17 bits per heavy atom. The van der Waals surface area contributed by atoms with Crippen LogP contribution in [0.1, 0.15) is 19.8 Å². The normalized spacial score (nSPS) is 11.7. The predicted octanol–water partition coefficient (Wildman–Crippen LogP) is 3.16. The van der Waals surface area contributed by atoms with E-state index in [2.05, 4.69) is 12.2 Å². The van der Waals surface area contributed by atoms with E-state index in [0.717, 1.165) is 13.0 Å². The van der Waals surface area contributed by atoms with Gasteiger partial charge in [-0.1, -0.05) is 36.2 Å². The smallest absolute Gasteiger partial charge is 0.181 e. The monoisotopic (exact) mass is 309 g/mol. The van der Waals surface area contributed by atoms with Gasteiger partial charge in [0.25, 0.3) is 0 Å². The van der Waals surface area contributed by atoms with Crippen molar-refractivity contribution in [2.24, 2.45) is 0 Å². The van der Waals surface area contributed by atoms with Gasteiger partial charge in [0, 0.05) is 0 Å². The molecular formula is C12H17Cl2NO2S. The lowest BCUT2D eigenvalue weighted by atomic mass is 10.4. The van der Waals surface area contributed by atoms with Crippen LogP contribution in [0.4, 0.5) is 0 Å². The van der Waals surface area contributed by atoms with Crippen LogP contribution in [0.3, 0.4) is 0 Å². The second-order valence-corrected chi connectivity index (χ2v) is 6.83. The molecule has 0 amide bonds. The van der Waals surface area contributed by atoms with Gasteiger partial charge in [0.05, 0.1) is 15.8 Å². The Bertz CT molecular complexity index is 469. The maximum Gasteiger partial charge on any atom is 0.181 e. The molecule has 0 unspecified atom stereocenters. The van der Waals surface area contributed by atoms with E-state index < -0.39 is 9.84 Å². The highest BCUT2D eigenvalue weighted by molar-refractivity contribution is 7.91. The minimum Gasteiger partial charge on any atom is -0.317 e. The maximum atomic E-state index is 12.1. The van der Waals surface area contributed by atoms with E-state index in [1.54, 1.807) is 6.07 Å². The molecule has 1 rings (SSSR count). The lowest BCUT2D eigenvalue weighted by molar-refractivity contribution is 0.588. The number of sulfone groups is 1. The number of benzene rings is 1. The van der Waals surface area contributed by atoms with Crippen LogP contribution < -0.4 is 5.32 Å². The van der Waals surface area contributed by atoms with Gasteiger partial charge in [-0.2, -0.15) is 0 Å². The van der Waals surface area contributed by atoms with E-state index in [4.69, 9.17) is 23.2 Å². The summed E-state index contributed by atoms with van der Waals surface area (Å²) in [6.07, 6.45) is 1.58. The van der Waals surface area contributed by atoms with Gasteiger partial charge >= 0.3 is 0 Å². The molecular weight excluding hydrogens is 293 g/mol. The Hall–Kier alpha value is -0.290. The highest BCUT2D eigenvalue weighted by Gasteiger charge is 2.20. The van der Waals surface area contributed by atoms with Gasteiger partial charge in [0.1, 0.15) is 4.90 Å². The van der Waals surface area contributed by atoms with E-state index in [1.165, 1.54) is 12.1 Å². The Morgan fingerprint density at radius 3 is 2.33 bits per heavy atom. The molecule has 0 aliphatic carbocycles. The van der Waals surface area contributed by atoms with Crippen molar-refractivity contribution in [2.45, 2.75) is 24.7 Å². The zero-order valence-electron chi connectivity index (χ0n) is 10.2. The summed E-state index contributed by atoms with van der Waals surface area (Å²) < 4.78 is 24.2. The Balaban J connectivity index is 2.69. The minimum atomic E-state index is -3.41. The summed E-state index contributed by atoms with van der Waals surface area (Å²) >= 11 is 11.8. The Morgan fingerprint density at radius 2 is 1.78 bits per heavy atom. The summed E-state index contributed by atoms with van der Waals surface area (Å²) in [6.45, 7) is 3.63. The number of nitrogens with one attached hydrogen (secondary N) is 1. The number of halogens is 2. The molecule has 1 aromatic rings. The molecule has 0 bridgehead atoms. The molecule has 0 heterocycles. The fourth-order valence-electron chi connectivity index (χ4n) is 1.57. The zero-order valence-corrected chi connectivity index (χ0v) is 12.6. The summed E-state index contributed by atoms with van der Waals surface area (Å²) in [5.74, 6) is 0.0488. The Labute approximate surface area is 118 Å². The topological polar surface area (TPSA) is 46.2 Å². The van der Waals surface area contributed by atoms with Crippen molar-refractivity contribution in [3.8, 4) is 0 Å². The molecule has 1 N–H and O–H groups in total. The van der Waals surface area contributed by atoms with Gasteiger partial charge in [0.2, 0.25) is 0 Å². The largest absolute Gasteiger partial charge is 0.317 e. The lowest BCUT2D eigenvalue weighted by Gasteiger charge is -2.08. The van der Waals surface area contributed by atoms with Crippen LogP contribution in [0.15, 0.2) is 23.1 Å². The second kappa shape index (κ2) is 7.34. The van der Waals surface area contributed by atoms with Gasteiger partial charge in [-0.05, 0) is 38.1 Å². The molecule has 0 spiro atoms. The third-order valence-corrected chi connectivity index (χ3v) is 5.17. The number of hydrogen-bond acceptors (Lipinski definition) is 3. The molecule has 0 radical (unpaired) electrons. The molecule has 0 atom stereocenters. The molecule has 0 fully saturated rings. The van der Waals surface area contributed by atoms with E-state index >= 15 is 0 Å². The first-order chi connectivity index (χ1) is 8.49. The molecule has 1 aromatic carbocycles. The highest BCUT2D eigenvalue weighted by atomic mass is 35.5. The molecule has 0 aromatic heterocycles. The van der Waals surface area contributed by atoms with Gasteiger partial charge < -0.3 is 5.32 Å². The van der Waals surface area contributed by atoms with E-state index in [-0.39, 0.29) is 20.7 Å². The average molecular weight is 310 g/mol. The Kier molecular flexibility index (Phi) is 6.43. The lowest BCUT2D eigenvalue weighted by Crippen LogP contribution is -2.19. The third-order valence-electron chi connectivity index (χ3n) is 2.42. The maximum absolute atomic E-state index is 12.1. The minimum absolute atomic E-state index is 0.0452. The van der Waals surface area contributed by atoms with Crippen LogP contribution in [-0.4, -0.2) is 27.3 Å². The van der Waals surface area contributed by atoms with Gasteiger partial charge in [-0.25, -0.2) is 8.42 Å². The highest BCUT2D eigenvalue weighted by Crippen LogP contribution is 2.29.